The molecular weight excluding hydrogens is 138 g/mol. The highest BCUT2D eigenvalue weighted by molar-refractivity contribution is 8.13. The zero-order valence-corrected chi connectivity index (χ0v) is 5.93. The van der Waals surface area contributed by atoms with Crippen LogP contribution in [0.25, 0.3) is 0 Å². The maximum Gasteiger partial charge on any atom is 0.182 e. The van der Waals surface area contributed by atoms with Crippen LogP contribution >= 0.6 is 11.8 Å². The molecular formula is C3H9N5S. The van der Waals surface area contributed by atoms with Crippen molar-refractivity contribution in [3.8, 4) is 0 Å². The lowest BCUT2D eigenvalue weighted by Gasteiger charge is -1.89. The number of hydrogen-bond acceptors (Lipinski definition) is 3. The van der Waals surface area contributed by atoms with Gasteiger partial charge in [-0.05, 0) is 11.0 Å². The van der Waals surface area contributed by atoms with Crippen LogP contribution in [0.4, 0.5) is 0 Å². The summed E-state index contributed by atoms with van der Waals surface area (Å²) < 4.78 is 0. The van der Waals surface area contributed by atoms with E-state index in [4.69, 9.17) is 5.73 Å². The van der Waals surface area contributed by atoms with E-state index in [1.807, 2.05) is 6.92 Å². The Morgan fingerprint density at radius 1 is 1.67 bits per heavy atom. The monoisotopic (exact) mass is 147 g/mol. The Balaban J connectivity index is 3.55. The van der Waals surface area contributed by atoms with Crippen LogP contribution in [-0.2, 0) is 0 Å². The van der Waals surface area contributed by atoms with E-state index in [0.717, 1.165) is 5.75 Å². The van der Waals surface area contributed by atoms with E-state index >= 15 is 0 Å². The summed E-state index contributed by atoms with van der Waals surface area (Å²) in [5, 5.41) is 9.84. The first-order valence-electron chi connectivity index (χ1n) is 2.37. The van der Waals surface area contributed by atoms with Gasteiger partial charge in [0, 0.05) is 0 Å². The van der Waals surface area contributed by atoms with E-state index in [-0.39, 0.29) is 0 Å². The number of nitrogens with zero attached hydrogens (tertiary/aromatic N) is 3. The molecule has 0 heterocycles. The van der Waals surface area contributed by atoms with Gasteiger partial charge in [-0.25, -0.2) is 0 Å². The largest absolute Gasteiger partial charge is 0.377 e. The van der Waals surface area contributed by atoms with Gasteiger partial charge in [0.05, 0.1) is 0 Å². The number of nitrogens with two attached hydrogens (primary N) is 2. The summed E-state index contributed by atoms with van der Waals surface area (Å²) in [5.41, 5.74) is 5.27. The van der Waals surface area contributed by atoms with Crippen LogP contribution in [0.2, 0.25) is 0 Å². The fourth-order valence-electron chi connectivity index (χ4n) is 0.247. The highest BCUT2D eigenvalue weighted by Gasteiger charge is 1.86. The van der Waals surface area contributed by atoms with Gasteiger partial charge < -0.3 is 11.6 Å². The Labute approximate surface area is 57.6 Å². The minimum absolute atomic E-state index is 0.381. The van der Waals surface area contributed by atoms with E-state index < -0.39 is 0 Å². The predicted molar refractivity (Wildman–Crippen MR) is 38.8 cm³/mol. The van der Waals surface area contributed by atoms with Gasteiger partial charge in [-0.1, -0.05) is 23.9 Å². The lowest BCUT2D eigenvalue weighted by Crippen LogP contribution is -2.05. The molecule has 9 heavy (non-hydrogen) atoms. The van der Waals surface area contributed by atoms with Gasteiger partial charge in [-0.15, -0.1) is 5.10 Å². The Hall–Kier alpha value is -0.780. The molecule has 0 aromatic carbocycles. The van der Waals surface area contributed by atoms with Crippen LogP contribution in [0.15, 0.2) is 15.5 Å². The third-order valence-electron chi connectivity index (χ3n) is 0.487. The Kier molecular flexibility index (Phi) is 4.89. The quantitative estimate of drug-likeness (QED) is 0.193. The highest BCUT2D eigenvalue weighted by Crippen LogP contribution is 1.96. The molecule has 52 valence electrons. The van der Waals surface area contributed by atoms with E-state index in [9.17, 15) is 0 Å². The van der Waals surface area contributed by atoms with Gasteiger partial charge >= 0.3 is 0 Å². The van der Waals surface area contributed by atoms with E-state index in [1.54, 1.807) is 0 Å². The molecule has 0 saturated carbocycles. The molecule has 0 saturated heterocycles. The van der Waals surface area contributed by atoms with Crippen molar-refractivity contribution in [1.29, 1.82) is 0 Å². The molecule has 0 unspecified atom stereocenters. The molecule has 0 radical (unpaired) electrons. The first kappa shape index (κ1) is 8.22. The smallest absolute Gasteiger partial charge is 0.182 e. The normalized spacial score (nSPS) is 12.8. The summed E-state index contributed by atoms with van der Waals surface area (Å²) in [6.07, 6.45) is 0. The van der Waals surface area contributed by atoms with E-state index in [2.05, 4.69) is 21.4 Å². The van der Waals surface area contributed by atoms with Crippen molar-refractivity contribution in [2.45, 2.75) is 6.92 Å². The third-order valence-corrected chi connectivity index (χ3v) is 1.15. The molecule has 0 aliphatic carbocycles. The second-order valence-electron chi connectivity index (χ2n) is 1.08. The summed E-state index contributed by atoms with van der Waals surface area (Å²) in [6, 6.07) is 0. The van der Waals surface area contributed by atoms with E-state index in [1.165, 1.54) is 11.8 Å². The zero-order chi connectivity index (χ0) is 7.11. The molecule has 6 heteroatoms. The third kappa shape index (κ3) is 5.09. The van der Waals surface area contributed by atoms with Crippen molar-refractivity contribution in [2.75, 3.05) is 5.75 Å². The standard InChI is InChI=1S/C3H9N5S/c1-2-9-3(4)6-8-7-5/h2H2,1H3,(H2,5,8)(H2,4,6,7). The summed E-state index contributed by atoms with van der Waals surface area (Å²) in [7, 11) is 0. The summed E-state index contributed by atoms with van der Waals surface area (Å²) >= 11 is 1.39. The summed E-state index contributed by atoms with van der Waals surface area (Å²) in [4.78, 5) is 0. The van der Waals surface area contributed by atoms with Gasteiger partial charge in [0.15, 0.2) is 5.17 Å². The van der Waals surface area contributed by atoms with Crippen LogP contribution in [0.3, 0.4) is 0 Å². The van der Waals surface area contributed by atoms with Gasteiger partial charge in [0.2, 0.25) is 0 Å². The maximum absolute atomic E-state index is 5.27. The van der Waals surface area contributed by atoms with Crippen LogP contribution in [-0.4, -0.2) is 10.9 Å². The summed E-state index contributed by atoms with van der Waals surface area (Å²) in [5.74, 6) is 5.53. The number of hydrogen-bond donors (Lipinski definition) is 2. The predicted octanol–water partition coefficient (Wildman–Crippen LogP) is 0.295. The van der Waals surface area contributed by atoms with Gasteiger partial charge in [-0.3, -0.25) is 0 Å². The SMILES string of the molecule is CCSC(N)=NN=NN. The van der Waals surface area contributed by atoms with Crippen LogP contribution in [0.5, 0.6) is 0 Å². The first-order chi connectivity index (χ1) is 4.31. The molecule has 0 aromatic rings. The molecule has 0 rings (SSSR count). The lowest BCUT2D eigenvalue weighted by atomic mass is 11.0. The molecule has 0 bridgehead atoms. The molecule has 0 aliphatic rings. The maximum atomic E-state index is 5.27. The van der Waals surface area contributed by atoms with Gasteiger partial charge in [-0.2, -0.15) is 0 Å². The average molecular weight is 147 g/mol. The van der Waals surface area contributed by atoms with Crippen molar-refractivity contribution >= 4 is 16.9 Å². The zero-order valence-electron chi connectivity index (χ0n) is 5.11. The second kappa shape index (κ2) is 5.36. The summed E-state index contributed by atoms with van der Waals surface area (Å²) in [6.45, 7) is 1.96. The minimum Gasteiger partial charge on any atom is -0.377 e. The molecule has 0 fully saturated rings. The first-order valence-corrected chi connectivity index (χ1v) is 3.36. The van der Waals surface area contributed by atoms with Crippen molar-refractivity contribution in [3.63, 3.8) is 0 Å². The van der Waals surface area contributed by atoms with E-state index in [0.29, 0.717) is 5.17 Å². The second-order valence-corrected chi connectivity index (χ2v) is 2.36. The lowest BCUT2D eigenvalue weighted by molar-refractivity contribution is 0.957. The molecule has 0 aliphatic heterocycles. The topological polar surface area (TPSA) is 89.1 Å². The molecule has 0 amide bonds. The van der Waals surface area contributed by atoms with Gasteiger partial charge in [0.25, 0.3) is 0 Å². The number of thioether (sulfide) groups is 1. The molecule has 5 nitrogen and oxygen atoms in total. The van der Waals surface area contributed by atoms with Crippen molar-refractivity contribution < 1.29 is 0 Å². The molecule has 0 aromatic heterocycles. The Bertz CT molecular complexity index is 119. The molecule has 0 atom stereocenters. The van der Waals surface area contributed by atoms with Crippen LogP contribution in [0, 0.1) is 0 Å². The van der Waals surface area contributed by atoms with Crippen molar-refractivity contribution in [2.24, 2.45) is 27.1 Å². The Morgan fingerprint density at radius 3 is 2.78 bits per heavy atom. The molecule has 4 N–H and O–H groups in total. The minimum atomic E-state index is 0.381. The van der Waals surface area contributed by atoms with Crippen molar-refractivity contribution in [3.05, 3.63) is 0 Å². The van der Waals surface area contributed by atoms with Crippen LogP contribution < -0.4 is 11.6 Å². The number of amidine groups is 1. The average Bonchev–Trinajstić information content (AvgIpc) is 1.85. The fraction of sp³-hybridized carbons (Fsp3) is 0.667. The fourth-order valence-corrected chi connectivity index (χ4v) is 0.637. The van der Waals surface area contributed by atoms with Crippen molar-refractivity contribution in [1.82, 2.24) is 0 Å². The van der Waals surface area contributed by atoms with Crippen LogP contribution in [0.1, 0.15) is 6.92 Å². The number of rotatable bonds is 2. The highest BCUT2D eigenvalue weighted by atomic mass is 32.2. The van der Waals surface area contributed by atoms with Gasteiger partial charge in [0.1, 0.15) is 0 Å². The molecule has 0 spiro atoms. The Morgan fingerprint density at radius 2 is 2.33 bits per heavy atom.